The maximum Gasteiger partial charge on any atom is 0.250 e. The van der Waals surface area contributed by atoms with E-state index in [2.05, 4.69) is 31.0 Å². The molecule has 148 valence electrons. The van der Waals surface area contributed by atoms with Gasteiger partial charge >= 0.3 is 0 Å². The standard InChI is InChI=1S/C19H20N8OS/c1-29-12-10-15(18-23-22-16-9-5-6-11-26(16)18)21-19(28)17(27-13-20-24-25-27)14-7-3-2-4-8-14/h2-9,11,13,15,17H,10,12H2,1H3,(H,21,28)/t15-,17-/m1/s1. The van der Waals surface area contributed by atoms with Crippen LogP contribution in [0.5, 0.6) is 0 Å². The molecule has 0 radical (unpaired) electrons. The Morgan fingerprint density at radius 1 is 1.14 bits per heavy atom. The van der Waals surface area contributed by atoms with E-state index in [4.69, 9.17) is 0 Å². The molecule has 2 atom stereocenters. The number of rotatable bonds is 8. The number of hydrogen-bond donors (Lipinski definition) is 1. The number of nitrogens with one attached hydrogen (secondary N) is 1. The summed E-state index contributed by atoms with van der Waals surface area (Å²) in [4.78, 5) is 13.4. The summed E-state index contributed by atoms with van der Waals surface area (Å²) < 4.78 is 3.36. The van der Waals surface area contributed by atoms with E-state index in [1.807, 2.05) is 65.4 Å². The van der Waals surface area contributed by atoms with Gasteiger partial charge < -0.3 is 5.32 Å². The zero-order chi connectivity index (χ0) is 20.1. The number of thioether (sulfide) groups is 1. The summed E-state index contributed by atoms with van der Waals surface area (Å²) in [5, 5.41) is 23.0. The molecule has 1 N–H and O–H groups in total. The lowest BCUT2D eigenvalue weighted by Gasteiger charge is -2.22. The van der Waals surface area contributed by atoms with Crippen LogP contribution in [0.2, 0.25) is 0 Å². The predicted molar refractivity (Wildman–Crippen MR) is 109 cm³/mol. The zero-order valence-electron chi connectivity index (χ0n) is 15.8. The highest BCUT2D eigenvalue weighted by atomic mass is 32.2. The first-order valence-corrected chi connectivity index (χ1v) is 10.5. The number of fused-ring (bicyclic) bond motifs is 1. The van der Waals surface area contributed by atoms with Crippen LogP contribution in [-0.4, -0.2) is 52.7 Å². The number of hydrogen-bond acceptors (Lipinski definition) is 7. The third-order valence-corrected chi connectivity index (χ3v) is 5.22. The molecule has 29 heavy (non-hydrogen) atoms. The first-order chi connectivity index (χ1) is 14.3. The first kappa shape index (κ1) is 19.1. The van der Waals surface area contributed by atoms with Gasteiger partial charge in [-0.05, 0) is 46.6 Å². The summed E-state index contributed by atoms with van der Waals surface area (Å²) in [5.41, 5.74) is 1.54. The summed E-state index contributed by atoms with van der Waals surface area (Å²) in [6, 6.07) is 14.2. The van der Waals surface area contributed by atoms with Crippen molar-refractivity contribution in [1.29, 1.82) is 0 Å². The van der Waals surface area contributed by atoms with Gasteiger partial charge in [0.25, 0.3) is 0 Å². The Hall–Kier alpha value is -3.27. The number of aromatic nitrogens is 7. The van der Waals surface area contributed by atoms with Crippen molar-refractivity contribution >= 4 is 23.3 Å². The molecule has 0 saturated carbocycles. The van der Waals surface area contributed by atoms with Gasteiger partial charge in [-0.3, -0.25) is 9.20 Å². The molecule has 10 heteroatoms. The average molecular weight is 408 g/mol. The van der Waals surface area contributed by atoms with E-state index in [0.717, 1.165) is 23.4 Å². The quantitative estimate of drug-likeness (QED) is 0.475. The number of tetrazole rings is 1. The van der Waals surface area contributed by atoms with E-state index in [1.165, 1.54) is 11.0 Å². The number of nitrogens with zero attached hydrogens (tertiary/aromatic N) is 7. The maximum atomic E-state index is 13.4. The van der Waals surface area contributed by atoms with Crippen LogP contribution in [0.1, 0.15) is 29.9 Å². The van der Waals surface area contributed by atoms with Gasteiger partial charge in [0.05, 0.1) is 6.04 Å². The molecule has 0 fully saturated rings. The Balaban J connectivity index is 1.66. The number of carbonyl (C=O) groups excluding carboxylic acids is 1. The van der Waals surface area contributed by atoms with Crippen molar-refractivity contribution in [3.63, 3.8) is 0 Å². The van der Waals surface area contributed by atoms with Crippen LogP contribution in [0.15, 0.2) is 61.1 Å². The van der Waals surface area contributed by atoms with Crippen molar-refractivity contribution in [1.82, 2.24) is 40.1 Å². The van der Waals surface area contributed by atoms with Crippen molar-refractivity contribution in [3.8, 4) is 0 Å². The Morgan fingerprint density at radius 3 is 2.72 bits per heavy atom. The SMILES string of the molecule is CSCC[C@@H](NC(=O)[C@@H](c1ccccc1)n1cnnn1)c1nnc2ccccn12. The van der Waals surface area contributed by atoms with Gasteiger partial charge in [0.15, 0.2) is 17.5 Å². The molecule has 0 aliphatic rings. The number of amides is 1. The molecule has 0 saturated heterocycles. The van der Waals surface area contributed by atoms with Gasteiger partial charge in [0.2, 0.25) is 5.91 Å². The monoisotopic (exact) mass is 408 g/mol. The van der Waals surface area contributed by atoms with Gasteiger partial charge in [-0.15, -0.1) is 15.3 Å². The van der Waals surface area contributed by atoms with E-state index in [9.17, 15) is 4.79 Å². The molecule has 4 rings (SSSR count). The number of pyridine rings is 1. The minimum Gasteiger partial charge on any atom is -0.344 e. The summed E-state index contributed by atoms with van der Waals surface area (Å²) in [5.74, 6) is 1.36. The molecule has 0 aliphatic carbocycles. The lowest BCUT2D eigenvalue weighted by molar-refractivity contribution is -0.124. The van der Waals surface area contributed by atoms with Crippen LogP contribution >= 0.6 is 11.8 Å². The van der Waals surface area contributed by atoms with E-state index in [1.54, 1.807) is 11.8 Å². The summed E-state index contributed by atoms with van der Waals surface area (Å²) >= 11 is 1.72. The zero-order valence-corrected chi connectivity index (χ0v) is 16.6. The second-order valence-corrected chi connectivity index (χ2v) is 7.42. The van der Waals surface area contributed by atoms with Gasteiger partial charge in [-0.25, -0.2) is 4.68 Å². The van der Waals surface area contributed by atoms with Crippen LogP contribution in [-0.2, 0) is 4.79 Å². The van der Waals surface area contributed by atoms with Crippen LogP contribution in [0.25, 0.3) is 5.65 Å². The van der Waals surface area contributed by atoms with Crippen LogP contribution in [0.4, 0.5) is 0 Å². The Kier molecular flexibility index (Phi) is 5.80. The van der Waals surface area contributed by atoms with Gasteiger partial charge in [0.1, 0.15) is 6.33 Å². The highest BCUT2D eigenvalue weighted by molar-refractivity contribution is 7.98. The molecule has 1 aromatic carbocycles. The Bertz CT molecular complexity index is 1070. The Labute approximate surface area is 171 Å². The third kappa shape index (κ3) is 4.11. The largest absolute Gasteiger partial charge is 0.344 e. The van der Waals surface area contributed by atoms with Gasteiger partial charge in [0, 0.05) is 6.20 Å². The Morgan fingerprint density at radius 2 is 1.97 bits per heavy atom. The van der Waals surface area contributed by atoms with Gasteiger partial charge in [-0.2, -0.15) is 11.8 Å². The highest BCUT2D eigenvalue weighted by Crippen LogP contribution is 2.22. The molecular weight excluding hydrogens is 388 g/mol. The summed E-state index contributed by atoms with van der Waals surface area (Å²) in [6.07, 6.45) is 6.11. The third-order valence-electron chi connectivity index (χ3n) is 4.57. The van der Waals surface area contributed by atoms with Gasteiger partial charge in [-0.1, -0.05) is 36.4 Å². The van der Waals surface area contributed by atoms with E-state index < -0.39 is 6.04 Å². The fourth-order valence-corrected chi connectivity index (χ4v) is 3.67. The minimum atomic E-state index is -0.679. The summed E-state index contributed by atoms with van der Waals surface area (Å²) in [6.45, 7) is 0. The molecule has 0 aliphatic heterocycles. The lowest BCUT2D eigenvalue weighted by atomic mass is 10.1. The first-order valence-electron chi connectivity index (χ1n) is 9.14. The second kappa shape index (κ2) is 8.82. The predicted octanol–water partition coefficient (Wildman–Crippen LogP) is 1.92. The fraction of sp³-hybridized carbons (Fsp3) is 0.263. The van der Waals surface area contributed by atoms with Crippen molar-refractivity contribution in [2.24, 2.45) is 0 Å². The molecule has 0 unspecified atom stereocenters. The molecule has 3 heterocycles. The summed E-state index contributed by atoms with van der Waals surface area (Å²) in [7, 11) is 0. The molecule has 0 spiro atoms. The lowest BCUT2D eigenvalue weighted by Crippen LogP contribution is -2.37. The average Bonchev–Trinajstić information content (AvgIpc) is 3.42. The van der Waals surface area contributed by atoms with E-state index >= 15 is 0 Å². The van der Waals surface area contributed by atoms with Crippen LogP contribution < -0.4 is 5.32 Å². The molecule has 0 bridgehead atoms. The molecule has 1 amide bonds. The normalized spacial score (nSPS) is 13.3. The number of carbonyl (C=O) groups is 1. The fourth-order valence-electron chi connectivity index (χ4n) is 3.20. The number of benzene rings is 1. The van der Waals surface area contributed by atoms with Crippen molar-refractivity contribution in [2.45, 2.75) is 18.5 Å². The molecule has 3 aromatic heterocycles. The highest BCUT2D eigenvalue weighted by Gasteiger charge is 2.28. The molecular formula is C19H20N8OS. The van der Waals surface area contributed by atoms with Crippen LogP contribution in [0, 0.1) is 0 Å². The molecule has 4 aromatic rings. The molecule has 9 nitrogen and oxygen atoms in total. The minimum absolute atomic E-state index is 0.206. The topological polar surface area (TPSA) is 103 Å². The maximum absolute atomic E-state index is 13.4. The van der Waals surface area contributed by atoms with Crippen molar-refractivity contribution in [2.75, 3.05) is 12.0 Å². The smallest absolute Gasteiger partial charge is 0.250 e. The van der Waals surface area contributed by atoms with Crippen molar-refractivity contribution < 1.29 is 4.79 Å². The van der Waals surface area contributed by atoms with E-state index in [-0.39, 0.29) is 11.9 Å². The van der Waals surface area contributed by atoms with Crippen molar-refractivity contribution in [3.05, 3.63) is 72.4 Å². The van der Waals surface area contributed by atoms with Crippen LogP contribution in [0.3, 0.4) is 0 Å². The second-order valence-electron chi connectivity index (χ2n) is 6.43. The van der Waals surface area contributed by atoms with E-state index in [0.29, 0.717) is 5.82 Å².